The minimum absolute atomic E-state index is 0.0264. The summed E-state index contributed by atoms with van der Waals surface area (Å²) in [5, 5.41) is 3.58. The number of thiazole rings is 1. The van der Waals surface area contributed by atoms with E-state index in [2.05, 4.69) is 10.3 Å². The van der Waals surface area contributed by atoms with Gasteiger partial charge in [-0.3, -0.25) is 9.59 Å². The second kappa shape index (κ2) is 5.16. The summed E-state index contributed by atoms with van der Waals surface area (Å²) in [6, 6.07) is 0. The summed E-state index contributed by atoms with van der Waals surface area (Å²) >= 11 is 1.50. The van der Waals surface area contributed by atoms with E-state index in [0.717, 1.165) is 36.4 Å². The molecule has 0 spiro atoms. The summed E-state index contributed by atoms with van der Waals surface area (Å²) in [4.78, 5) is 31.3. The largest absolute Gasteiger partial charge is 0.337 e. The molecule has 108 valence electrons. The molecule has 2 heterocycles. The standard InChI is InChI=1S/C14H19N3O2S/c1-8(2)13(19)17-6-5-10-11(7-17)20-14(15-10)16-12(18)9-3-4-9/h8-9H,3-7H2,1-2H3,(H,15,16,18). The van der Waals surface area contributed by atoms with Crippen molar-refractivity contribution in [2.45, 2.75) is 39.7 Å². The number of carbonyl (C=O) groups excluding carboxylic acids is 2. The summed E-state index contributed by atoms with van der Waals surface area (Å²) in [7, 11) is 0. The minimum Gasteiger partial charge on any atom is -0.337 e. The zero-order chi connectivity index (χ0) is 14.3. The highest BCUT2D eigenvalue weighted by molar-refractivity contribution is 7.15. The number of rotatable bonds is 3. The Kier molecular flexibility index (Phi) is 3.50. The van der Waals surface area contributed by atoms with Crippen LogP contribution >= 0.6 is 11.3 Å². The smallest absolute Gasteiger partial charge is 0.229 e. The third kappa shape index (κ3) is 2.70. The lowest BCUT2D eigenvalue weighted by atomic mass is 10.1. The Morgan fingerprint density at radius 1 is 1.40 bits per heavy atom. The highest BCUT2D eigenvalue weighted by atomic mass is 32.1. The Morgan fingerprint density at radius 3 is 2.80 bits per heavy atom. The molecule has 0 radical (unpaired) electrons. The van der Waals surface area contributed by atoms with Crippen molar-refractivity contribution >= 4 is 28.3 Å². The third-order valence-electron chi connectivity index (χ3n) is 3.72. The van der Waals surface area contributed by atoms with Crippen molar-refractivity contribution in [2.24, 2.45) is 11.8 Å². The molecule has 0 bridgehead atoms. The van der Waals surface area contributed by atoms with Crippen molar-refractivity contribution in [3.05, 3.63) is 10.6 Å². The Balaban J connectivity index is 1.69. The van der Waals surface area contributed by atoms with Gasteiger partial charge in [0, 0.05) is 29.7 Å². The molecular formula is C14H19N3O2S. The third-order valence-corrected chi connectivity index (χ3v) is 4.71. The predicted molar refractivity (Wildman–Crippen MR) is 77.4 cm³/mol. The summed E-state index contributed by atoms with van der Waals surface area (Å²) in [6.45, 7) is 5.20. The van der Waals surface area contributed by atoms with Crippen LogP contribution in [0.1, 0.15) is 37.3 Å². The molecule has 0 unspecified atom stereocenters. The number of anilines is 1. The first-order chi connectivity index (χ1) is 9.54. The fourth-order valence-electron chi connectivity index (χ4n) is 2.36. The first-order valence-corrected chi connectivity index (χ1v) is 7.94. The molecule has 1 aromatic heterocycles. The van der Waals surface area contributed by atoms with Gasteiger partial charge in [-0.25, -0.2) is 4.98 Å². The van der Waals surface area contributed by atoms with Crippen molar-refractivity contribution in [2.75, 3.05) is 11.9 Å². The van der Waals surface area contributed by atoms with Crippen LogP contribution in [0.3, 0.4) is 0 Å². The molecular weight excluding hydrogens is 274 g/mol. The van der Waals surface area contributed by atoms with Crippen LogP contribution in [0, 0.1) is 11.8 Å². The van der Waals surface area contributed by atoms with Crippen molar-refractivity contribution in [1.29, 1.82) is 0 Å². The molecule has 1 aromatic rings. The molecule has 5 nitrogen and oxygen atoms in total. The number of nitrogens with zero attached hydrogens (tertiary/aromatic N) is 2. The molecule has 2 aliphatic rings. The summed E-state index contributed by atoms with van der Waals surface area (Å²) in [5.41, 5.74) is 1.04. The van der Waals surface area contributed by atoms with E-state index in [-0.39, 0.29) is 23.7 Å². The second-order valence-electron chi connectivity index (χ2n) is 5.82. The quantitative estimate of drug-likeness (QED) is 0.927. The Labute approximate surface area is 122 Å². The van der Waals surface area contributed by atoms with Crippen LogP contribution in [0.4, 0.5) is 5.13 Å². The lowest BCUT2D eigenvalue weighted by Crippen LogP contribution is -2.37. The molecule has 1 saturated carbocycles. The van der Waals surface area contributed by atoms with E-state index in [1.807, 2.05) is 18.7 Å². The molecule has 0 aromatic carbocycles. The summed E-state index contributed by atoms with van der Waals surface area (Å²) < 4.78 is 0. The fourth-order valence-corrected chi connectivity index (χ4v) is 3.38. The van der Waals surface area contributed by atoms with Gasteiger partial charge < -0.3 is 10.2 Å². The first-order valence-electron chi connectivity index (χ1n) is 7.13. The number of nitrogens with one attached hydrogen (secondary N) is 1. The molecule has 2 amide bonds. The van der Waals surface area contributed by atoms with Crippen LogP contribution in [0.15, 0.2) is 0 Å². The Morgan fingerprint density at radius 2 is 2.15 bits per heavy atom. The number of amides is 2. The van der Waals surface area contributed by atoms with E-state index in [9.17, 15) is 9.59 Å². The number of carbonyl (C=O) groups is 2. The van der Waals surface area contributed by atoms with Crippen LogP contribution in [-0.2, 0) is 22.6 Å². The van der Waals surface area contributed by atoms with Gasteiger partial charge in [-0.15, -0.1) is 0 Å². The molecule has 1 N–H and O–H groups in total. The van der Waals surface area contributed by atoms with Gasteiger partial charge in [0.15, 0.2) is 5.13 Å². The molecule has 1 aliphatic heterocycles. The van der Waals surface area contributed by atoms with E-state index in [1.165, 1.54) is 11.3 Å². The van der Waals surface area contributed by atoms with Crippen LogP contribution < -0.4 is 5.32 Å². The first kappa shape index (κ1) is 13.5. The molecule has 20 heavy (non-hydrogen) atoms. The van der Waals surface area contributed by atoms with E-state index in [1.54, 1.807) is 0 Å². The number of hydrogen-bond donors (Lipinski definition) is 1. The summed E-state index contributed by atoms with van der Waals surface area (Å²) in [5.74, 6) is 0.493. The Hall–Kier alpha value is -1.43. The number of hydrogen-bond acceptors (Lipinski definition) is 4. The average molecular weight is 293 g/mol. The average Bonchev–Trinajstić information content (AvgIpc) is 3.18. The lowest BCUT2D eigenvalue weighted by Gasteiger charge is -2.27. The molecule has 0 atom stereocenters. The Bertz CT molecular complexity index is 549. The van der Waals surface area contributed by atoms with E-state index in [4.69, 9.17) is 0 Å². The van der Waals surface area contributed by atoms with E-state index < -0.39 is 0 Å². The molecule has 1 aliphatic carbocycles. The zero-order valence-electron chi connectivity index (χ0n) is 11.8. The molecule has 6 heteroatoms. The van der Waals surface area contributed by atoms with Gasteiger partial charge in [-0.2, -0.15) is 0 Å². The molecule has 1 fully saturated rings. The van der Waals surface area contributed by atoms with Gasteiger partial charge in [0.05, 0.1) is 12.2 Å². The summed E-state index contributed by atoms with van der Waals surface area (Å²) in [6.07, 6.45) is 2.77. The van der Waals surface area contributed by atoms with Gasteiger partial charge in [0.25, 0.3) is 0 Å². The predicted octanol–water partition coefficient (Wildman–Crippen LogP) is 2.03. The van der Waals surface area contributed by atoms with Crippen molar-refractivity contribution in [3.8, 4) is 0 Å². The zero-order valence-corrected chi connectivity index (χ0v) is 12.6. The van der Waals surface area contributed by atoms with Crippen LogP contribution in [0.2, 0.25) is 0 Å². The van der Waals surface area contributed by atoms with Gasteiger partial charge in [-0.1, -0.05) is 25.2 Å². The maximum atomic E-state index is 12.0. The molecule has 3 rings (SSSR count). The lowest BCUT2D eigenvalue weighted by molar-refractivity contribution is -0.135. The number of fused-ring (bicyclic) bond motifs is 1. The van der Waals surface area contributed by atoms with Gasteiger partial charge in [0.1, 0.15) is 0 Å². The monoisotopic (exact) mass is 293 g/mol. The molecule has 0 saturated heterocycles. The maximum Gasteiger partial charge on any atom is 0.229 e. The van der Waals surface area contributed by atoms with Crippen molar-refractivity contribution < 1.29 is 9.59 Å². The topological polar surface area (TPSA) is 62.3 Å². The van der Waals surface area contributed by atoms with Crippen LogP contribution in [-0.4, -0.2) is 28.2 Å². The van der Waals surface area contributed by atoms with Crippen LogP contribution in [0.5, 0.6) is 0 Å². The highest BCUT2D eigenvalue weighted by Gasteiger charge is 2.31. The fraction of sp³-hybridized carbons (Fsp3) is 0.643. The van der Waals surface area contributed by atoms with Crippen molar-refractivity contribution in [3.63, 3.8) is 0 Å². The highest BCUT2D eigenvalue weighted by Crippen LogP contribution is 2.33. The van der Waals surface area contributed by atoms with Gasteiger partial charge in [0.2, 0.25) is 11.8 Å². The second-order valence-corrected chi connectivity index (χ2v) is 6.90. The minimum atomic E-state index is 0.0264. The van der Waals surface area contributed by atoms with Crippen molar-refractivity contribution in [1.82, 2.24) is 9.88 Å². The van der Waals surface area contributed by atoms with E-state index in [0.29, 0.717) is 11.7 Å². The number of aromatic nitrogens is 1. The normalized spacial score (nSPS) is 18.1. The van der Waals surface area contributed by atoms with Crippen LogP contribution in [0.25, 0.3) is 0 Å². The van der Waals surface area contributed by atoms with Gasteiger partial charge >= 0.3 is 0 Å². The maximum absolute atomic E-state index is 12.0. The van der Waals surface area contributed by atoms with E-state index >= 15 is 0 Å². The van der Waals surface area contributed by atoms with Gasteiger partial charge in [-0.05, 0) is 12.8 Å². The SMILES string of the molecule is CC(C)C(=O)N1CCc2nc(NC(=O)C3CC3)sc2C1.